The first-order valence-corrected chi connectivity index (χ1v) is 9.40. The van der Waals surface area contributed by atoms with E-state index in [0.29, 0.717) is 0 Å². The molecule has 122 valence electrons. The van der Waals surface area contributed by atoms with Crippen molar-refractivity contribution in [2.24, 2.45) is 0 Å². The van der Waals surface area contributed by atoms with Crippen molar-refractivity contribution in [1.29, 1.82) is 0 Å². The van der Waals surface area contributed by atoms with Gasteiger partial charge in [-0.2, -0.15) is 0 Å². The zero-order valence-electron chi connectivity index (χ0n) is 14.7. The van der Waals surface area contributed by atoms with Crippen LogP contribution in [0.5, 0.6) is 0 Å². The predicted octanol–water partition coefficient (Wildman–Crippen LogP) is 5.28. The van der Waals surface area contributed by atoms with Crippen LogP contribution in [0.15, 0.2) is 12.4 Å². The molecule has 2 heteroatoms. The number of hydrogen-bond acceptors (Lipinski definition) is 0. The van der Waals surface area contributed by atoms with Gasteiger partial charge in [-0.15, -0.1) is 0 Å². The molecule has 1 rings (SSSR count). The summed E-state index contributed by atoms with van der Waals surface area (Å²) in [4.78, 5) is 0. The molecular formula is C19H37N2+. The van der Waals surface area contributed by atoms with Gasteiger partial charge < -0.3 is 0 Å². The Kier molecular flexibility index (Phi) is 10.3. The van der Waals surface area contributed by atoms with Crippen molar-refractivity contribution in [3.63, 3.8) is 0 Å². The molecule has 2 nitrogen and oxygen atoms in total. The van der Waals surface area contributed by atoms with Gasteiger partial charge >= 0.3 is 0 Å². The molecule has 0 radical (unpaired) electrons. The van der Waals surface area contributed by atoms with E-state index in [-0.39, 0.29) is 0 Å². The van der Waals surface area contributed by atoms with Gasteiger partial charge in [0.2, 0.25) is 0 Å². The zero-order valence-corrected chi connectivity index (χ0v) is 14.7. The molecule has 0 aromatic carbocycles. The van der Waals surface area contributed by atoms with Gasteiger partial charge in [-0.05, 0) is 25.7 Å². The van der Waals surface area contributed by atoms with E-state index >= 15 is 0 Å². The summed E-state index contributed by atoms with van der Waals surface area (Å²) in [7, 11) is 0. The largest absolute Gasteiger partial charge is 0.256 e. The van der Waals surface area contributed by atoms with Crippen molar-refractivity contribution in [3.05, 3.63) is 18.2 Å². The maximum absolute atomic E-state index is 2.50. The molecule has 1 heterocycles. The molecule has 0 N–H and O–H groups in total. The second-order valence-electron chi connectivity index (χ2n) is 6.33. The fourth-order valence-corrected chi connectivity index (χ4v) is 3.07. The maximum atomic E-state index is 2.50. The highest BCUT2D eigenvalue weighted by atomic mass is 15.1. The van der Waals surface area contributed by atoms with Crippen LogP contribution in [-0.2, 0) is 19.5 Å². The number of rotatable bonds is 13. The van der Waals surface area contributed by atoms with E-state index in [2.05, 4.69) is 42.3 Å². The van der Waals surface area contributed by atoms with Gasteiger partial charge in [-0.25, -0.2) is 9.13 Å². The third-order valence-electron chi connectivity index (χ3n) is 4.28. The molecular weight excluding hydrogens is 256 g/mol. The molecule has 1 aromatic heterocycles. The van der Waals surface area contributed by atoms with Crippen molar-refractivity contribution in [3.8, 4) is 0 Å². The topological polar surface area (TPSA) is 8.81 Å². The molecule has 21 heavy (non-hydrogen) atoms. The van der Waals surface area contributed by atoms with E-state index in [1.54, 1.807) is 0 Å². The Hall–Kier alpha value is -0.790. The lowest BCUT2D eigenvalue weighted by Crippen LogP contribution is -2.37. The molecule has 0 bridgehead atoms. The number of unbranched alkanes of at least 4 members (excludes halogenated alkanes) is 7. The lowest BCUT2D eigenvalue weighted by molar-refractivity contribution is -0.704. The quantitative estimate of drug-likeness (QED) is 0.346. The molecule has 0 aliphatic rings. The van der Waals surface area contributed by atoms with Crippen LogP contribution in [0.1, 0.15) is 90.8 Å². The van der Waals surface area contributed by atoms with Crippen LogP contribution >= 0.6 is 0 Å². The summed E-state index contributed by atoms with van der Waals surface area (Å²) in [6, 6.07) is 0. The molecule has 0 amide bonds. The van der Waals surface area contributed by atoms with Gasteiger partial charge in [0.15, 0.2) is 0 Å². The third kappa shape index (κ3) is 7.15. The number of imidazole rings is 1. The van der Waals surface area contributed by atoms with Gasteiger partial charge in [-0.3, -0.25) is 0 Å². The van der Waals surface area contributed by atoms with E-state index in [0.717, 1.165) is 0 Å². The molecule has 0 saturated carbocycles. The van der Waals surface area contributed by atoms with Gasteiger partial charge in [0.25, 0.3) is 5.82 Å². The summed E-state index contributed by atoms with van der Waals surface area (Å²) in [6.45, 7) is 9.21. The first-order valence-electron chi connectivity index (χ1n) is 9.40. The molecule has 0 atom stereocenters. The van der Waals surface area contributed by atoms with E-state index in [1.807, 2.05) is 0 Å². The van der Waals surface area contributed by atoms with Crippen LogP contribution in [0.4, 0.5) is 0 Å². The van der Waals surface area contributed by atoms with E-state index in [9.17, 15) is 0 Å². The molecule has 0 aliphatic carbocycles. The van der Waals surface area contributed by atoms with Crippen LogP contribution in [0.2, 0.25) is 0 Å². The van der Waals surface area contributed by atoms with E-state index in [4.69, 9.17) is 0 Å². The average Bonchev–Trinajstić information content (AvgIpc) is 2.85. The molecule has 1 aromatic rings. The summed E-state index contributed by atoms with van der Waals surface area (Å²) in [5.41, 5.74) is 0. The smallest absolute Gasteiger partial charge is 0.234 e. The summed E-state index contributed by atoms with van der Waals surface area (Å²) in [5.74, 6) is 1.53. The third-order valence-corrected chi connectivity index (χ3v) is 4.28. The predicted molar refractivity (Wildman–Crippen MR) is 91.5 cm³/mol. The monoisotopic (exact) mass is 293 g/mol. The van der Waals surface area contributed by atoms with E-state index in [1.165, 1.54) is 89.5 Å². The van der Waals surface area contributed by atoms with Gasteiger partial charge in [0.1, 0.15) is 12.4 Å². The van der Waals surface area contributed by atoms with Gasteiger partial charge in [-0.1, -0.05) is 59.3 Å². The van der Waals surface area contributed by atoms with Crippen LogP contribution in [0, 0.1) is 0 Å². The summed E-state index contributed by atoms with van der Waals surface area (Å²) in [6.07, 6.45) is 19.5. The number of aromatic nitrogens is 2. The van der Waals surface area contributed by atoms with Crippen LogP contribution in [0.3, 0.4) is 0 Å². The lowest BCUT2D eigenvalue weighted by atomic mass is 10.1. The second kappa shape index (κ2) is 11.8. The highest BCUT2D eigenvalue weighted by Crippen LogP contribution is 2.09. The zero-order chi connectivity index (χ0) is 15.3. The number of hydrogen-bond donors (Lipinski definition) is 0. The molecule has 0 unspecified atom stereocenters. The molecule has 0 aliphatic heterocycles. The van der Waals surface area contributed by atoms with Gasteiger partial charge in [0.05, 0.1) is 13.1 Å². The van der Waals surface area contributed by atoms with Crippen molar-refractivity contribution >= 4 is 0 Å². The Morgan fingerprint density at radius 3 is 2.10 bits per heavy atom. The Morgan fingerprint density at radius 2 is 1.48 bits per heavy atom. The summed E-state index contributed by atoms with van der Waals surface area (Å²) >= 11 is 0. The first kappa shape index (κ1) is 18.3. The Balaban J connectivity index is 2.24. The van der Waals surface area contributed by atoms with Crippen LogP contribution < -0.4 is 4.57 Å². The lowest BCUT2D eigenvalue weighted by Gasteiger charge is -2.04. The van der Waals surface area contributed by atoms with Crippen LogP contribution in [0.25, 0.3) is 0 Å². The Bertz CT molecular complexity index is 354. The minimum absolute atomic E-state index is 1.17. The fraction of sp³-hybridized carbons (Fsp3) is 0.842. The minimum atomic E-state index is 1.17. The summed E-state index contributed by atoms with van der Waals surface area (Å²) in [5, 5.41) is 0. The number of aryl methyl sites for hydroxylation is 2. The van der Waals surface area contributed by atoms with Crippen molar-refractivity contribution in [1.82, 2.24) is 4.57 Å². The number of nitrogens with zero attached hydrogens (tertiary/aromatic N) is 2. The maximum Gasteiger partial charge on any atom is 0.256 e. The molecule has 0 fully saturated rings. The Morgan fingerprint density at radius 1 is 0.810 bits per heavy atom. The van der Waals surface area contributed by atoms with E-state index < -0.39 is 0 Å². The minimum Gasteiger partial charge on any atom is -0.234 e. The van der Waals surface area contributed by atoms with Crippen LogP contribution in [-0.4, -0.2) is 4.57 Å². The first-order chi connectivity index (χ1) is 10.3. The fourth-order valence-electron chi connectivity index (χ4n) is 3.07. The summed E-state index contributed by atoms with van der Waals surface area (Å²) < 4.78 is 4.95. The van der Waals surface area contributed by atoms with Crippen molar-refractivity contribution in [2.75, 3.05) is 0 Å². The second-order valence-corrected chi connectivity index (χ2v) is 6.33. The normalized spacial score (nSPS) is 11.2. The van der Waals surface area contributed by atoms with Crippen molar-refractivity contribution < 1.29 is 4.57 Å². The average molecular weight is 294 g/mol. The van der Waals surface area contributed by atoms with Crippen molar-refractivity contribution in [2.45, 2.75) is 104 Å². The standard InChI is InChI=1S/C19H37N2/c1-4-7-8-9-10-11-12-13-16-21-18-17-20(15-6-3)19(21)14-5-2/h17-18H,4-16H2,1-3H3/q+1. The van der Waals surface area contributed by atoms with Gasteiger partial charge in [0, 0.05) is 6.42 Å². The highest BCUT2D eigenvalue weighted by Gasteiger charge is 2.14. The SMILES string of the molecule is CCCCCCCCCC[n+]1ccn(CCC)c1CCC. The molecule has 0 spiro atoms. The molecule has 0 saturated heterocycles. The Labute approximate surface area is 132 Å². The highest BCUT2D eigenvalue weighted by molar-refractivity contribution is 4.83.